The molecule has 3 nitrogen and oxygen atoms in total. The maximum Gasteiger partial charge on any atom is 0.209 e. The van der Waals surface area contributed by atoms with Crippen LogP contribution in [0.3, 0.4) is 0 Å². The summed E-state index contributed by atoms with van der Waals surface area (Å²) in [4.78, 5) is 0. The number of aromatic hydroxyl groups is 1. The highest BCUT2D eigenvalue weighted by molar-refractivity contribution is 6.30. The van der Waals surface area contributed by atoms with Crippen LogP contribution in [0.5, 0.6) is 5.88 Å². The van der Waals surface area contributed by atoms with Crippen molar-refractivity contribution < 1.29 is 5.11 Å². The second kappa shape index (κ2) is 3.35. The molecule has 0 saturated carbocycles. The SMILES string of the molecule is Cn1nc(-c2cccc(Cl)c2)cc1O. The van der Waals surface area contributed by atoms with E-state index in [-0.39, 0.29) is 5.88 Å². The van der Waals surface area contributed by atoms with E-state index in [2.05, 4.69) is 5.10 Å². The van der Waals surface area contributed by atoms with Gasteiger partial charge in [-0.2, -0.15) is 5.10 Å². The van der Waals surface area contributed by atoms with Crippen LogP contribution in [0.15, 0.2) is 30.3 Å². The highest BCUT2D eigenvalue weighted by Crippen LogP contribution is 2.23. The van der Waals surface area contributed by atoms with Gasteiger partial charge in [-0.3, -0.25) is 0 Å². The summed E-state index contributed by atoms with van der Waals surface area (Å²) >= 11 is 5.84. The van der Waals surface area contributed by atoms with Crippen LogP contribution in [0, 0.1) is 0 Å². The third-order valence-corrected chi connectivity index (χ3v) is 2.21. The maximum absolute atomic E-state index is 9.34. The lowest BCUT2D eigenvalue weighted by molar-refractivity contribution is 0.419. The smallest absolute Gasteiger partial charge is 0.209 e. The molecule has 1 aromatic heterocycles. The Morgan fingerprint density at radius 1 is 1.36 bits per heavy atom. The Labute approximate surface area is 86.6 Å². The molecule has 14 heavy (non-hydrogen) atoms. The van der Waals surface area contributed by atoms with Crippen LogP contribution in [0.2, 0.25) is 5.02 Å². The topological polar surface area (TPSA) is 38.0 Å². The van der Waals surface area contributed by atoms with Crippen LogP contribution < -0.4 is 0 Å². The van der Waals surface area contributed by atoms with Crippen molar-refractivity contribution in [3.8, 4) is 17.1 Å². The molecule has 0 radical (unpaired) electrons. The lowest BCUT2D eigenvalue weighted by Crippen LogP contribution is -1.89. The molecule has 0 fully saturated rings. The predicted molar refractivity (Wildman–Crippen MR) is 55.3 cm³/mol. The monoisotopic (exact) mass is 208 g/mol. The largest absolute Gasteiger partial charge is 0.493 e. The molecule has 0 atom stereocenters. The molecule has 0 aliphatic carbocycles. The number of nitrogens with zero attached hydrogens (tertiary/aromatic N) is 2. The van der Waals surface area contributed by atoms with Gasteiger partial charge in [0.25, 0.3) is 0 Å². The van der Waals surface area contributed by atoms with Gasteiger partial charge in [0.2, 0.25) is 5.88 Å². The first-order chi connectivity index (χ1) is 6.66. The summed E-state index contributed by atoms with van der Waals surface area (Å²) in [5, 5.41) is 14.1. The van der Waals surface area contributed by atoms with Gasteiger partial charge in [0.1, 0.15) is 0 Å². The molecule has 0 spiro atoms. The van der Waals surface area contributed by atoms with Crippen LogP contribution in [0.1, 0.15) is 0 Å². The highest BCUT2D eigenvalue weighted by Gasteiger charge is 2.05. The van der Waals surface area contributed by atoms with Gasteiger partial charge >= 0.3 is 0 Å². The van der Waals surface area contributed by atoms with Crippen LogP contribution in [0.25, 0.3) is 11.3 Å². The van der Waals surface area contributed by atoms with E-state index in [0.29, 0.717) is 10.7 Å². The molecule has 0 amide bonds. The van der Waals surface area contributed by atoms with E-state index in [1.165, 1.54) is 4.68 Å². The number of rotatable bonds is 1. The third kappa shape index (κ3) is 1.59. The molecule has 0 unspecified atom stereocenters. The van der Waals surface area contributed by atoms with Crippen molar-refractivity contribution in [1.29, 1.82) is 0 Å². The van der Waals surface area contributed by atoms with E-state index in [4.69, 9.17) is 11.6 Å². The molecule has 0 aliphatic rings. The summed E-state index contributed by atoms with van der Waals surface area (Å²) in [6.45, 7) is 0. The van der Waals surface area contributed by atoms with E-state index in [9.17, 15) is 5.11 Å². The first-order valence-electron chi connectivity index (χ1n) is 4.16. The van der Waals surface area contributed by atoms with Gasteiger partial charge < -0.3 is 5.11 Å². The standard InChI is InChI=1S/C10H9ClN2O/c1-13-10(14)6-9(12-13)7-3-2-4-8(11)5-7/h2-6,14H,1H3. The summed E-state index contributed by atoms with van der Waals surface area (Å²) in [7, 11) is 1.68. The zero-order valence-corrected chi connectivity index (χ0v) is 8.36. The number of halogens is 1. The van der Waals surface area contributed by atoms with Crippen molar-refractivity contribution in [2.45, 2.75) is 0 Å². The predicted octanol–water partition coefficient (Wildman–Crippen LogP) is 2.45. The molecule has 4 heteroatoms. The Kier molecular flexibility index (Phi) is 2.17. The molecular weight excluding hydrogens is 200 g/mol. The van der Waals surface area contributed by atoms with Gasteiger partial charge in [-0.05, 0) is 12.1 Å². The zero-order chi connectivity index (χ0) is 10.1. The molecule has 2 rings (SSSR count). The number of hydrogen-bond donors (Lipinski definition) is 1. The second-order valence-electron chi connectivity index (χ2n) is 3.02. The van der Waals surface area contributed by atoms with Crippen molar-refractivity contribution in [2.24, 2.45) is 7.05 Å². The first kappa shape index (κ1) is 9.09. The summed E-state index contributed by atoms with van der Waals surface area (Å²) in [6.07, 6.45) is 0. The molecule has 0 saturated heterocycles. The van der Waals surface area contributed by atoms with Crippen molar-refractivity contribution >= 4 is 11.6 Å². The van der Waals surface area contributed by atoms with Crippen molar-refractivity contribution in [3.05, 3.63) is 35.4 Å². The van der Waals surface area contributed by atoms with Crippen LogP contribution >= 0.6 is 11.6 Å². The minimum absolute atomic E-state index is 0.139. The minimum Gasteiger partial charge on any atom is -0.493 e. The highest BCUT2D eigenvalue weighted by atomic mass is 35.5. The van der Waals surface area contributed by atoms with Crippen LogP contribution in [-0.2, 0) is 7.05 Å². The Bertz CT molecular complexity index is 445. The fourth-order valence-electron chi connectivity index (χ4n) is 1.25. The van der Waals surface area contributed by atoms with Crippen molar-refractivity contribution in [2.75, 3.05) is 0 Å². The van der Waals surface area contributed by atoms with Gasteiger partial charge in [0, 0.05) is 23.7 Å². The van der Waals surface area contributed by atoms with Gasteiger partial charge in [-0.15, -0.1) is 0 Å². The molecule has 2 aromatic rings. The lowest BCUT2D eigenvalue weighted by atomic mass is 10.2. The van der Waals surface area contributed by atoms with E-state index >= 15 is 0 Å². The quantitative estimate of drug-likeness (QED) is 0.782. The summed E-state index contributed by atoms with van der Waals surface area (Å²) < 4.78 is 1.41. The zero-order valence-electron chi connectivity index (χ0n) is 7.61. The molecule has 0 aliphatic heterocycles. The van der Waals surface area contributed by atoms with E-state index in [1.807, 2.05) is 18.2 Å². The summed E-state index contributed by atoms with van der Waals surface area (Å²) in [5.74, 6) is 0.139. The molecule has 0 bridgehead atoms. The molecular formula is C10H9ClN2O. The Hall–Kier alpha value is -1.48. The van der Waals surface area contributed by atoms with Crippen LogP contribution in [0.4, 0.5) is 0 Å². The molecule has 72 valence electrons. The van der Waals surface area contributed by atoms with Gasteiger partial charge in [0.05, 0.1) is 5.69 Å². The molecule has 1 aromatic carbocycles. The van der Waals surface area contributed by atoms with Crippen molar-refractivity contribution in [3.63, 3.8) is 0 Å². The number of aryl methyl sites for hydroxylation is 1. The van der Waals surface area contributed by atoms with E-state index in [0.717, 1.165) is 5.56 Å². The van der Waals surface area contributed by atoms with Gasteiger partial charge in [-0.1, -0.05) is 23.7 Å². The maximum atomic E-state index is 9.34. The fourth-order valence-corrected chi connectivity index (χ4v) is 1.44. The second-order valence-corrected chi connectivity index (χ2v) is 3.46. The third-order valence-electron chi connectivity index (χ3n) is 1.98. The average molecular weight is 209 g/mol. The van der Waals surface area contributed by atoms with Crippen LogP contribution in [-0.4, -0.2) is 14.9 Å². The Balaban J connectivity index is 2.49. The van der Waals surface area contributed by atoms with Gasteiger partial charge in [-0.25, -0.2) is 4.68 Å². The molecule has 1 N–H and O–H groups in total. The number of aromatic nitrogens is 2. The summed E-state index contributed by atoms with van der Waals surface area (Å²) in [6, 6.07) is 8.96. The summed E-state index contributed by atoms with van der Waals surface area (Å²) in [5.41, 5.74) is 1.61. The number of benzene rings is 1. The Morgan fingerprint density at radius 2 is 2.14 bits per heavy atom. The Morgan fingerprint density at radius 3 is 2.71 bits per heavy atom. The van der Waals surface area contributed by atoms with E-state index in [1.54, 1.807) is 19.2 Å². The molecule has 1 heterocycles. The number of hydrogen-bond acceptors (Lipinski definition) is 2. The van der Waals surface area contributed by atoms with Gasteiger partial charge in [0.15, 0.2) is 0 Å². The average Bonchev–Trinajstić information content (AvgIpc) is 2.47. The van der Waals surface area contributed by atoms with E-state index < -0.39 is 0 Å². The minimum atomic E-state index is 0.139. The first-order valence-corrected chi connectivity index (χ1v) is 4.53. The normalized spacial score (nSPS) is 10.4. The lowest BCUT2D eigenvalue weighted by Gasteiger charge is -1.95. The fraction of sp³-hybridized carbons (Fsp3) is 0.100. The van der Waals surface area contributed by atoms with Crippen molar-refractivity contribution in [1.82, 2.24) is 9.78 Å².